The zero-order valence-electron chi connectivity index (χ0n) is 20.3. The van der Waals surface area contributed by atoms with Crippen LogP contribution in [0.4, 0.5) is 4.79 Å². The number of pyridine rings is 1. The molecule has 1 aromatic rings. The summed E-state index contributed by atoms with van der Waals surface area (Å²) in [6, 6.07) is 1.56. The van der Waals surface area contributed by atoms with Crippen molar-refractivity contribution in [2.45, 2.75) is 71.1 Å². The zero-order valence-corrected chi connectivity index (χ0v) is 20.3. The van der Waals surface area contributed by atoms with Gasteiger partial charge < -0.3 is 25.0 Å². The Bertz CT molecular complexity index is 853. The van der Waals surface area contributed by atoms with Gasteiger partial charge in [-0.25, -0.2) is 9.78 Å². The third-order valence-electron chi connectivity index (χ3n) is 6.63. The average Bonchev–Trinajstić information content (AvgIpc) is 2.82. The molecule has 1 saturated carbocycles. The molecule has 1 aliphatic carbocycles. The Labute approximate surface area is 197 Å². The lowest BCUT2D eigenvalue weighted by Gasteiger charge is -2.38. The van der Waals surface area contributed by atoms with Gasteiger partial charge in [-0.3, -0.25) is 4.79 Å². The monoisotopic (exact) mass is 458 g/mol. The van der Waals surface area contributed by atoms with E-state index in [1.165, 1.54) is 6.42 Å². The number of aliphatic hydroxyl groups excluding tert-OH is 1. The molecule has 2 aliphatic rings. The molecule has 1 aromatic heterocycles. The van der Waals surface area contributed by atoms with E-state index in [0.717, 1.165) is 31.2 Å². The summed E-state index contributed by atoms with van der Waals surface area (Å²) in [6.45, 7) is 6.38. The van der Waals surface area contributed by atoms with Gasteiger partial charge in [0.15, 0.2) is 0 Å². The highest BCUT2D eigenvalue weighted by molar-refractivity contribution is 5.97. The second-order valence-electron chi connectivity index (χ2n) is 9.41. The molecule has 2 N–H and O–H groups in total. The van der Waals surface area contributed by atoms with Crippen LogP contribution in [0.2, 0.25) is 0 Å². The summed E-state index contributed by atoms with van der Waals surface area (Å²) in [4.78, 5) is 33.9. The highest BCUT2D eigenvalue weighted by Gasteiger charge is 2.34. The van der Waals surface area contributed by atoms with Crippen molar-refractivity contribution in [2.75, 3.05) is 26.7 Å². The van der Waals surface area contributed by atoms with Crippen molar-refractivity contribution in [3.63, 3.8) is 0 Å². The van der Waals surface area contributed by atoms with E-state index >= 15 is 0 Å². The Morgan fingerprint density at radius 1 is 1.39 bits per heavy atom. The molecule has 0 unspecified atom stereocenters. The summed E-state index contributed by atoms with van der Waals surface area (Å²) in [7, 11) is 1.77. The van der Waals surface area contributed by atoms with Crippen molar-refractivity contribution >= 4 is 18.0 Å². The first-order chi connectivity index (χ1) is 15.8. The summed E-state index contributed by atoms with van der Waals surface area (Å²) in [5, 5.41) is 12.9. The van der Waals surface area contributed by atoms with Gasteiger partial charge in [-0.1, -0.05) is 38.3 Å². The van der Waals surface area contributed by atoms with Crippen LogP contribution in [-0.2, 0) is 0 Å². The van der Waals surface area contributed by atoms with Crippen molar-refractivity contribution in [1.82, 2.24) is 20.1 Å². The Hall–Kier alpha value is -2.61. The molecule has 3 atom stereocenters. The number of nitrogens with zero attached hydrogens (tertiary/aromatic N) is 3. The van der Waals surface area contributed by atoms with E-state index in [-0.39, 0.29) is 48.5 Å². The molecule has 0 spiro atoms. The predicted molar refractivity (Wildman–Crippen MR) is 128 cm³/mol. The van der Waals surface area contributed by atoms with Crippen LogP contribution < -0.4 is 10.1 Å². The van der Waals surface area contributed by atoms with Gasteiger partial charge in [0.25, 0.3) is 5.91 Å². The molecule has 2 heterocycles. The smallest absolute Gasteiger partial charge is 0.317 e. The van der Waals surface area contributed by atoms with Gasteiger partial charge in [0.2, 0.25) is 5.88 Å². The van der Waals surface area contributed by atoms with Crippen molar-refractivity contribution in [1.29, 1.82) is 0 Å². The summed E-state index contributed by atoms with van der Waals surface area (Å²) >= 11 is 0. The third kappa shape index (κ3) is 6.25. The van der Waals surface area contributed by atoms with Gasteiger partial charge in [0.05, 0.1) is 19.2 Å². The number of likely N-dealkylation sites (N-methyl/N-ethyl adjacent to an activating group) is 1. The van der Waals surface area contributed by atoms with E-state index in [4.69, 9.17) is 4.74 Å². The maximum atomic E-state index is 13.3. The van der Waals surface area contributed by atoms with Crippen molar-refractivity contribution in [3.8, 4) is 5.88 Å². The summed E-state index contributed by atoms with van der Waals surface area (Å²) in [6.07, 6.45) is 10.7. The first kappa shape index (κ1) is 25.0. The summed E-state index contributed by atoms with van der Waals surface area (Å²) in [5.41, 5.74) is 1.18. The summed E-state index contributed by atoms with van der Waals surface area (Å²) < 4.78 is 6.26. The van der Waals surface area contributed by atoms with Crippen LogP contribution in [0.25, 0.3) is 6.08 Å². The van der Waals surface area contributed by atoms with E-state index in [1.54, 1.807) is 29.1 Å². The second kappa shape index (κ2) is 11.5. The average molecular weight is 459 g/mol. The molecule has 0 radical (unpaired) electrons. The van der Waals surface area contributed by atoms with Gasteiger partial charge in [-0.2, -0.15) is 0 Å². The van der Waals surface area contributed by atoms with E-state index in [2.05, 4.69) is 10.3 Å². The number of carbonyl (C=O) groups is 2. The minimum absolute atomic E-state index is 0.0713. The third-order valence-corrected chi connectivity index (χ3v) is 6.63. The Morgan fingerprint density at radius 2 is 2.12 bits per heavy atom. The minimum Gasteiger partial charge on any atom is -0.472 e. The number of hydrogen-bond acceptors (Lipinski definition) is 5. The number of allylic oxidation sites excluding steroid dienone is 1. The van der Waals surface area contributed by atoms with Crippen LogP contribution >= 0.6 is 0 Å². The Kier molecular flexibility index (Phi) is 8.72. The lowest BCUT2D eigenvalue weighted by Crippen LogP contribution is -2.52. The Balaban J connectivity index is 1.82. The largest absolute Gasteiger partial charge is 0.472 e. The normalized spacial score (nSPS) is 22.8. The van der Waals surface area contributed by atoms with Crippen LogP contribution in [0, 0.1) is 5.92 Å². The Morgan fingerprint density at radius 3 is 2.79 bits per heavy atom. The molecule has 1 aliphatic heterocycles. The fourth-order valence-corrected chi connectivity index (χ4v) is 4.50. The molecule has 0 bridgehead atoms. The van der Waals surface area contributed by atoms with Gasteiger partial charge in [-0.15, -0.1) is 0 Å². The van der Waals surface area contributed by atoms with Gasteiger partial charge in [0, 0.05) is 31.7 Å². The van der Waals surface area contributed by atoms with E-state index in [9.17, 15) is 14.7 Å². The highest BCUT2D eigenvalue weighted by atomic mass is 16.5. The fraction of sp³-hybridized carbons (Fsp3) is 0.640. The van der Waals surface area contributed by atoms with Gasteiger partial charge in [-0.05, 0) is 38.3 Å². The molecule has 0 aromatic carbocycles. The van der Waals surface area contributed by atoms with E-state index in [0.29, 0.717) is 18.7 Å². The van der Waals surface area contributed by atoms with Crippen molar-refractivity contribution in [2.24, 2.45) is 5.92 Å². The molecule has 3 rings (SSSR count). The topological polar surface area (TPSA) is 95.0 Å². The van der Waals surface area contributed by atoms with E-state index in [1.807, 2.05) is 32.9 Å². The van der Waals surface area contributed by atoms with Crippen molar-refractivity contribution < 1.29 is 19.4 Å². The standard InChI is InChI=1S/C25H38N4O4/c1-5-9-19-12-21-23(26-13-19)33-22(17(2)14-29(24(21)31)18(3)16-30)15-28(4)25(32)27-20-10-7-6-8-11-20/h5,9,12-13,17-18,20,22,30H,6-8,10-11,14-16H2,1-4H3,(H,27,32)/b9-5+/t17-,18-,22+/m0/s1. The molecule has 0 saturated heterocycles. The molecule has 1 fully saturated rings. The number of aliphatic hydroxyl groups is 1. The SMILES string of the molecule is C/C=C/c1cnc2c(c1)C(=O)N([C@@H](C)CO)C[C@H](C)[C@@H](CN(C)C(=O)NC1CCCCC1)O2. The first-order valence-electron chi connectivity index (χ1n) is 12.1. The van der Waals surface area contributed by atoms with Crippen LogP contribution in [0.1, 0.15) is 68.8 Å². The molecule has 8 nitrogen and oxygen atoms in total. The molecule has 8 heteroatoms. The summed E-state index contributed by atoms with van der Waals surface area (Å²) in [5.74, 6) is -0.0156. The lowest BCUT2D eigenvalue weighted by molar-refractivity contribution is 0.0351. The number of carbonyl (C=O) groups excluding carboxylic acids is 2. The fourth-order valence-electron chi connectivity index (χ4n) is 4.50. The zero-order chi connectivity index (χ0) is 24.0. The van der Waals surface area contributed by atoms with Crippen LogP contribution in [-0.4, -0.2) is 76.8 Å². The van der Waals surface area contributed by atoms with Gasteiger partial charge in [0.1, 0.15) is 11.7 Å². The number of rotatable bonds is 6. The first-order valence-corrected chi connectivity index (χ1v) is 12.1. The second-order valence-corrected chi connectivity index (χ2v) is 9.41. The maximum Gasteiger partial charge on any atom is 0.317 e. The molecule has 3 amide bonds. The highest BCUT2D eigenvalue weighted by Crippen LogP contribution is 2.28. The van der Waals surface area contributed by atoms with E-state index < -0.39 is 0 Å². The molecule has 182 valence electrons. The minimum atomic E-state index is -0.354. The number of nitrogens with one attached hydrogen (secondary N) is 1. The quantitative estimate of drug-likeness (QED) is 0.682. The van der Waals surface area contributed by atoms with Crippen LogP contribution in [0.15, 0.2) is 18.3 Å². The number of hydrogen-bond donors (Lipinski definition) is 2. The number of aromatic nitrogens is 1. The number of ether oxygens (including phenoxy) is 1. The molecule has 33 heavy (non-hydrogen) atoms. The van der Waals surface area contributed by atoms with Crippen LogP contribution in [0.5, 0.6) is 5.88 Å². The van der Waals surface area contributed by atoms with Crippen LogP contribution in [0.3, 0.4) is 0 Å². The number of fused-ring (bicyclic) bond motifs is 1. The number of amides is 3. The van der Waals surface area contributed by atoms with Gasteiger partial charge >= 0.3 is 6.03 Å². The lowest BCUT2D eigenvalue weighted by atomic mass is 9.96. The van der Waals surface area contributed by atoms with Crippen molar-refractivity contribution in [3.05, 3.63) is 29.5 Å². The molecular weight excluding hydrogens is 420 g/mol. The predicted octanol–water partition coefficient (Wildman–Crippen LogP) is 3.31. The maximum absolute atomic E-state index is 13.3. The number of urea groups is 1. The molecular formula is C25H38N4O4.